The van der Waals surface area contributed by atoms with Crippen LogP contribution in [0.1, 0.15) is 28.8 Å². The maximum atomic E-state index is 14.1. The van der Waals surface area contributed by atoms with E-state index in [-0.39, 0.29) is 28.4 Å². The van der Waals surface area contributed by atoms with Gasteiger partial charge in [-0.15, -0.1) is 0 Å². The number of nitrogens with zero attached hydrogens (tertiary/aromatic N) is 3. The molecule has 190 valence electrons. The van der Waals surface area contributed by atoms with Crippen LogP contribution in [0.25, 0.3) is 10.9 Å². The summed E-state index contributed by atoms with van der Waals surface area (Å²) in [5.74, 6) is -0.691. The molecule has 3 aromatic rings. The average Bonchev–Trinajstić information content (AvgIpc) is 2.89. The van der Waals surface area contributed by atoms with Crippen molar-refractivity contribution in [1.29, 1.82) is 0 Å². The number of pyridine rings is 2. The third kappa shape index (κ3) is 5.55. The smallest absolute Gasteiger partial charge is 0.253 e. The molecule has 2 fully saturated rings. The van der Waals surface area contributed by atoms with E-state index >= 15 is 0 Å². The third-order valence-electron chi connectivity index (χ3n) is 6.92. The van der Waals surface area contributed by atoms with E-state index in [4.69, 9.17) is 4.74 Å². The highest BCUT2D eigenvalue weighted by molar-refractivity contribution is 5.94. The zero-order valence-corrected chi connectivity index (χ0v) is 19.9. The molecule has 2 saturated heterocycles. The zero-order chi connectivity index (χ0) is 25.1. The van der Waals surface area contributed by atoms with Crippen LogP contribution in [-0.2, 0) is 11.2 Å². The topological polar surface area (TPSA) is 90.6 Å². The lowest BCUT2D eigenvalue weighted by Gasteiger charge is -2.32. The summed E-state index contributed by atoms with van der Waals surface area (Å²) in [6.07, 6.45) is 3.67. The number of hydrogen-bond donors (Lipinski definition) is 2. The van der Waals surface area contributed by atoms with Crippen molar-refractivity contribution in [1.82, 2.24) is 20.2 Å². The number of carbonyl (C=O) groups excluding carboxylic acids is 1. The molecule has 2 aliphatic heterocycles. The lowest BCUT2D eigenvalue weighted by molar-refractivity contribution is 0.0911. The van der Waals surface area contributed by atoms with Gasteiger partial charge in [0.15, 0.2) is 0 Å². The normalized spacial score (nSPS) is 17.4. The van der Waals surface area contributed by atoms with Gasteiger partial charge in [-0.2, -0.15) is 0 Å². The Kier molecular flexibility index (Phi) is 7.24. The number of nitrogens with one attached hydrogen (secondary N) is 2. The van der Waals surface area contributed by atoms with Crippen molar-refractivity contribution in [2.24, 2.45) is 0 Å². The summed E-state index contributed by atoms with van der Waals surface area (Å²) in [6, 6.07) is 7.20. The second kappa shape index (κ2) is 10.7. The number of amides is 1. The average molecular weight is 498 g/mol. The molecule has 4 heterocycles. The highest BCUT2D eigenvalue weighted by Crippen LogP contribution is 2.19. The lowest BCUT2D eigenvalue weighted by atomic mass is 10.0. The Morgan fingerprint density at radius 3 is 2.61 bits per heavy atom. The molecule has 0 saturated carbocycles. The van der Waals surface area contributed by atoms with Crippen LogP contribution in [0.5, 0.6) is 0 Å². The first-order valence-corrected chi connectivity index (χ1v) is 12.3. The van der Waals surface area contributed by atoms with Gasteiger partial charge in [0.1, 0.15) is 17.5 Å². The number of rotatable bonds is 6. The summed E-state index contributed by atoms with van der Waals surface area (Å²) in [4.78, 5) is 36.5. The van der Waals surface area contributed by atoms with Crippen LogP contribution in [0.4, 0.5) is 14.6 Å². The van der Waals surface area contributed by atoms with Crippen LogP contribution < -0.4 is 15.8 Å². The minimum Gasteiger partial charge on any atom is -0.378 e. The monoisotopic (exact) mass is 497 g/mol. The molecule has 0 bridgehead atoms. The van der Waals surface area contributed by atoms with Crippen molar-refractivity contribution in [2.75, 3.05) is 50.8 Å². The molecule has 36 heavy (non-hydrogen) atoms. The fraction of sp³-hybridized carbons (Fsp3) is 0.423. The number of benzene rings is 1. The number of aromatic nitrogens is 2. The minimum absolute atomic E-state index is 0.0701. The predicted molar refractivity (Wildman–Crippen MR) is 132 cm³/mol. The molecule has 0 unspecified atom stereocenters. The number of piperidine rings is 1. The van der Waals surface area contributed by atoms with Crippen molar-refractivity contribution in [3.8, 4) is 0 Å². The van der Waals surface area contributed by atoms with Crippen LogP contribution in [0, 0.1) is 11.6 Å². The van der Waals surface area contributed by atoms with Crippen molar-refractivity contribution >= 4 is 22.6 Å². The Morgan fingerprint density at radius 1 is 1.11 bits per heavy atom. The molecule has 8 nitrogen and oxygen atoms in total. The second-order valence-corrected chi connectivity index (χ2v) is 9.32. The number of likely N-dealkylation sites (tertiary alicyclic amines) is 1. The molecule has 0 spiro atoms. The summed E-state index contributed by atoms with van der Waals surface area (Å²) in [5.41, 5.74) is 0.834. The van der Waals surface area contributed by atoms with E-state index in [1.807, 2.05) is 6.07 Å². The van der Waals surface area contributed by atoms with E-state index in [0.29, 0.717) is 37.3 Å². The van der Waals surface area contributed by atoms with E-state index in [0.717, 1.165) is 57.0 Å². The van der Waals surface area contributed by atoms with Gasteiger partial charge in [0.05, 0.1) is 24.3 Å². The number of anilines is 1. The highest BCUT2D eigenvalue weighted by atomic mass is 19.1. The minimum atomic E-state index is -0.723. The van der Waals surface area contributed by atoms with Crippen molar-refractivity contribution < 1.29 is 18.3 Å². The van der Waals surface area contributed by atoms with Gasteiger partial charge in [0.25, 0.3) is 11.5 Å². The standard InChI is InChI=1S/C26H29F2N5O3/c27-19-14-22(28)21-13-17(25(34)31-23(21)15-19)3-6-32-7-4-20(5-8-32)30-26(35)18-1-2-24(29-16-18)33-9-11-36-12-10-33/h1-2,13-16,20H,3-12H2,(H,30,35)(H,31,34). The first-order chi connectivity index (χ1) is 17.5. The molecular weight excluding hydrogens is 468 g/mol. The quantitative estimate of drug-likeness (QED) is 0.544. The van der Waals surface area contributed by atoms with Crippen LogP contribution in [0.15, 0.2) is 41.3 Å². The number of halogens is 2. The van der Waals surface area contributed by atoms with Crippen molar-refractivity contribution in [2.45, 2.75) is 25.3 Å². The van der Waals surface area contributed by atoms with Crippen molar-refractivity contribution in [3.63, 3.8) is 0 Å². The molecule has 0 aliphatic carbocycles. The van der Waals surface area contributed by atoms with E-state index < -0.39 is 11.6 Å². The van der Waals surface area contributed by atoms with Gasteiger partial charge in [0, 0.05) is 62.0 Å². The molecule has 1 aromatic carbocycles. The Labute approximate surface area is 207 Å². The van der Waals surface area contributed by atoms with Crippen molar-refractivity contribution in [3.05, 3.63) is 69.6 Å². The molecule has 2 aliphatic rings. The number of ether oxygens (including phenoxy) is 1. The molecule has 0 atom stereocenters. The first-order valence-electron chi connectivity index (χ1n) is 12.3. The summed E-state index contributed by atoms with van der Waals surface area (Å²) >= 11 is 0. The van der Waals surface area contributed by atoms with Gasteiger partial charge in [-0.3, -0.25) is 9.59 Å². The fourth-order valence-corrected chi connectivity index (χ4v) is 4.81. The Morgan fingerprint density at radius 2 is 1.89 bits per heavy atom. The van der Waals surface area contributed by atoms with E-state index in [2.05, 4.69) is 25.1 Å². The fourth-order valence-electron chi connectivity index (χ4n) is 4.81. The van der Waals surface area contributed by atoms with Crippen LogP contribution in [0.2, 0.25) is 0 Å². The Bertz CT molecular complexity index is 1280. The summed E-state index contributed by atoms with van der Waals surface area (Å²) < 4.78 is 32.9. The van der Waals surface area contributed by atoms with Gasteiger partial charge in [-0.25, -0.2) is 13.8 Å². The number of morpholine rings is 1. The number of hydrogen-bond acceptors (Lipinski definition) is 6. The summed E-state index contributed by atoms with van der Waals surface area (Å²) in [6.45, 7) is 5.16. The van der Waals surface area contributed by atoms with E-state index in [9.17, 15) is 18.4 Å². The van der Waals surface area contributed by atoms with Gasteiger partial charge in [-0.1, -0.05) is 0 Å². The van der Waals surface area contributed by atoms with E-state index in [1.54, 1.807) is 12.3 Å². The summed E-state index contributed by atoms with van der Waals surface area (Å²) in [7, 11) is 0. The van der Waals surface area contributed by atoms with Crippen LogP contribution >= 0.6 is 0 Å². The number of carbonyl (C=O) groups is 1. The highest BCUT2D eigenvalue weighted by Gasteiger charge is 2.22. The molecular formula is C26H29F2N5O3. The van der Waals surface area contributed by atoms with E-state index in [1.165, 1.54) is 6.07 Å². The molecule has 5 rings (SSSR count). The Hall–Kier alpha value is -3.37. The second-order valence-electron chi connectivity index (χ2n) is 9.32. The molecule has 2 N–H and O–H groups in total. The molecule has 10 heteroatoms. The van der Waals surface area contributed by atoms with Gasteiger partial charge >= 0.3 is 0 Å². The SMILES string of the molecule is O=C(NC1CCN(CCc2cc3c(F)cc(F)cc3[nH]c2=O)CC1)c1ccc(N2CCOCC2)nc1. The number of aromatic amines is 1. The van der Waals surface area contributed by atoms with Crippen LogP contribution in [-0.4, -0.2) is 72.8 Å². The van der Waals surface area contributed by atoms with Crippen LogP contribution in [0.3, 0.4) is 0 Å². The molecule has 1 amide bonds. The zero-order valence-electron chi connectivity index (χ0n) is 19.9. The number of fused-ring (bicyclic) bond motifs is 1. The largest absolute Gasteiger partial charge is 0.378 e. The number of H-pyrrole nitrogens is 1. The van der Waals surface area contributed by atoms with Gasteiger partial charge < -0.3 is 24.8 Å². The maximum absolute atomic E-state index is 14.1. The Balaban J connectivity index is 1.11. The lowest BCUT2D eigenvalue weighted by Crippen LogP contribution is -2.45. The van der Waals surface area contributed by atoms with Gasteiger partial charge in [0.2, 0.25) is 0 Å². The summed E-state index contributed by atoms with van der Waals surface area (Å²) in [5, 5.41) is 3.31. The molecule has 0 radical (unpaired) electrons. The van der Waals surface area contributed by atoms with Gasteiger partial charge in [-0.05, 0) is 43.5 Å². The third-order valence-corrected chi connectivity index (χ3v) is 6.92. The maximum Gasteiger partial charge on any atom is 0.253 e. The predicted octanol–water partition coefficient (Wildman–Crippen LogP) is 2.47. The molecule has 2 aromatic heterocycles. The first kappa shape index (κ1) is 24.3.